The summed E-state index contributed by atoms with van der Waals surface area (Å²) in [6, 6.07) is 3.37. The molecule has 0 aliphatic carbocycles. The van der Waals surface area contributed by atoms with Gasteiger partial charge in [-0.3, -0.25) is 0 Å². The average molecular weight is 390 g/mol. The van der Waals surface area contributed by atoms with E-state index in [-0.39, 0.29) is 17.7 Å². The lowest BCUT2D eigenvalue weighted by molar-refractivity contribution is 0.233. The molecule has 1 rings (SSSR count). The zero-order valence-electron chi connectivity index (χ0n) is 9.84. The summed E-state index contributed by atoms with van der Waals surface area (Å²) < 4.78 is 11.7. The Bertz CT molecular complexity index is 425. The number of aliphatic hydroxyl groups is 1. The molecule has 0 saturated heterocycles. The van der Waals surface area contributed by atoms with E-state index >= 15 is 0 Å². The number of benzene rings is 1. The van der Waals surface area contributed by atoms with Crippen LogP contribution in [-0.2, 0) is 0 Å². The normalized spacial score (nSPS) is 10.2. The topological polar surface area (TPSA) is 38.7 Å². The minimum Gasteiger partial charge on any atom is -0.491 e. The zero-order chi connectivity index (χ0) is 14.3. The van der Waals surface area contributed by atoms with Gasteiger partial charge in [0, 0.05) is 19.1 Å². The third-order valence-electron chi connectivity index (χ3n) is 2.01. The van der Waals surface area contributed by atoms with Gasteiger partial charge in [0.25, 0.3) is 0 Å². The van der Waals surface area contributed by atoms with E-state index in [0.29, 0.717) is 34.0 Å². The van der Waals surface area contributed by atoms with E-state index in [2.05, 4.69) is 15.9 Å². The molecule has 1 aromatic carbocycles. The van der Waals surface area contributed by atoms with Crippen LogP contribution in [0.25, 0.3) is 0 Å². The largest absolute Gasteiger partial charge is 0.491 e. The van der Waals surface area contributed by atoms with Crippen molar-refractivity contribution in [1.82, 2.24) is 0 Å². The minimum atomic E-state index is 0.0714. The summed E-state index contributed by atoms with van der Waals surface area (Å²) in [5.41, 5.74) is 0. The van der Waals surface area contributed by atoms with Crippen LogP contribution in [-0.4, -0.2) is 24.9 Å². The summed E-state index contributed by atoms with van der Waals surface area (Å²) in [4.78, 5) is 0. The molecule has 0 spiro atoms. The molecular weight excluding hydrogens is 378 g/mol. The smallest absolute Gasteiger partial charge is 0.152 e. The summed E-state index contributed by atoms with van der Waals surface area (Å²) in [5.74, 6) is 1.09. The Hall–Kier alpha value is -0.130. The van der Waals surface area contributed by atoms with Gasteiger partial charge in [-0.25, -0.2) is 0 Å². The van der Waals surface area contributed by atoms with Gasteiger partial charge in [0.1, 0.15) is 16.8 Å². The molecule has 7 heteroatoms. The van der Waals surface area contributed by atoms with Crippen LogP contribution in [0.1, 0.15) is 6.42 Å². The lowest BCUT2D eigenvalue weighted by Gasteiger charge is -2.12. The fourth-order valence-electron chi connectivity index (χ4n) is 1.20. The van der Waals surface area contributed by atoms with E-state index in [1.807, 2.05) is 0 Å². The summed E-state index contributed by atoms with van der Waals surface area (Å²) in [7, 11) is 0. The molecule has 0 aromatic heterocycles. The van der Waals surface area contributed by atoms with Crippen LogP contribution in [0.3, 0.4) is 0 Å². The summed E-state index contributed by atoms with van der Waals surface area (Å²) in [5, 5.41) is 9.12. The number of hydrogen-bond acceptors (Lipinski definition) is 3. The van der Waals surface area contributed by atoms with Crippen LogP contribution in [0.2, 0.25) is 5.02 Å². The van der Waals surface area contributed by atoms with Crippen LogP contribution in [0.5, 0.6) is 11.5 Å². The van der Waals surface area contributed by atoms with Crippen molar-refractivity contribution in [2.45, 2.75) is 6.42 Å². The van der Waals surface area contributed by atoms with Crippen LogP contribution >= 0.6 is 50.7 Å². The van der Waals surface area contributed by atoms with Crippen molar-refractivity contribution in [3.8, 4) is 11.5 Å². The Kier molecular flexibility index (Phi) is 7.95. The van der Waals surface area contributed by atoms with E-state index in [1.54, 1.807) is 12.1 Å². The maximum Gasteiger partial charge on any atom is 0.152 e. The lowest BCUT2D eigenvalue weighted by atomic mass is 10.3. The van der Waals surface area contributed by atoms with E-state index < -0.39 is 0 Å². The second-order valence-electron chi connectivity index (χ2n) is 3.45. The molecule has 1 aromatic rings. The van der Waals surface area contributed by atoms with E-state index in [1.165, 1.54) is 6.08 Å². The van der Waals surface area contributed by atoms with Crippen molar-refractivity contribution >= 4 is 50.7 Å². The fourth-order valence-corrected chi connectivity index (χ4v) is 2.26. The van der Waals surface area contributed by atoms with Crippen LogP contribution in [0.4, 0.5) is 0 Å². The second kappa shape index (κ2) is 8.93. The number of rotatable bonds is 7. The third kappa shape index (κ3) is 6.23. The van der Waals surface area contributed by atoms with Crippen molar-refractivity contribution in [3.63, 3.8) is 0 Å². The zero-order valence-corrected chi connectivity index (χ0v) is 13.7. The maximum absolute atomic E-state index is 8.70. The van der Waals surface area contributed by atoms with Crippen molar-refractivity contribution in [3.05, 3.63) is 32.2 Å². The highest BCUT2D eigenvalue weighted by Gasteiger charge is 2.10. The highest BCUT2D eigenvalue weighted by Crippen LogP contribution is 2.37. The molecule has 0 aliphatic heterocycles. The molecule has 0 heterocycles. The first-order valence-corrected chi connectivity index (χ1v) is 7.34. The Balaban J connectivity index is 2.70. The van der Waals surface area contributed by atoms with E-state index in [9.17, 15) is 0 Å². The first-order chi connectivity index (χ1) is 9.04. The average Bonchev–Trinajstić information content (AvgIpc) is 2.32. The molecule has 19 heavy (non-hydrogen) atoms. The Labute approximate surface area is 135 Å². The quantitative estimate of drug-likeness (QED) is 0.694. The Morgan fingerprint density at radius 2 is 2.05 bits per heavy atom. The maximum atomic E-state index is 8.70. The molecule has 0 unspecified atom stereocenters. The Morgan fingerprint density at radius 3 is 2.63 bits per heavy atom. The number of ether oxygens (including phenoxy) is 2. The first kappa shape index (κ1) is 16.9. The minimum absolute atomic E-state index is 0.0714. The van der Waals surface area contributed by atoms with Gasteiger partial charge >= 0.3 is 0 Å². The van der Waals surface area contributed by atoms with Crippen molar-refractivity contribution in [1.29, 1.82) is 0 Å². The van der Waals surface area contributed by atoms with Gasteiger partial charge in [-0.2, -0.15) is 0 Å². The van der Waals surface area contributed by atoms with Crippen molar-refractivity contribution in [2.24, 2.45) is 0 Å². The fraction of sp³-hybridized carbons (Fsp3) is 0.333. The summed E-state index contributed by atoms with van der Waals surface area (Å²) in [6.07, 6.45) is 2.07. The molecule has 0 fully saturated rings. The molecule has 0 amide bonds. The van der Waals surface area contributed by atoms with Gasteiger partial charge in [0.2, 0.25) is 0 Å². The molecule has 0 atom stereocenters. The van der Waals surface area contributed by atoms with Crippen LogP contribution in [0, 0.1) is 0 Å². The van der Waals surface area contributed by atoms with E-state index in [0.717, 1.165) is 0 Å². The van der Waals surface area contributed by atoms with Gasteiger partial charge in [0.05, 0.1) is 16.1 Å². The van der Waals surface area contributed by atoms with Crippen molar-refractivity contribution in [2.75, 3.05) is 19.8 Å². The lowest BCUT2D eigenvalue weighted by Crippen LogP contribution is -2.01. The highest BCUT2D eigenvalue weighted by atomic mass is 79.9. The van der Waals surface area contributed by atoms with Gasteiger partial charge < -0.3 is 14.6 Å². The predicted molar refractivity (Wildman–Crippen MR) is 81.6 cm³/mol. The third-order valence-corrected chi connectivity index (χ3v) is 3.19. The molecule has 0 saturated carbocycles. The molecule has 3 nitrogen and oxygen atoms in total. The number of hydrogen-bond donors (Lipinski definition) is 1. The molecule has 0 radical (unpaired) electrons. The van der Waals surface area contributed by atoms with Gasteiger partial charge in [0.15, 0.2) is 5.75 Å². The molecule has 106 valence electrons. The van der Waals surface area contributed by atoms with Gasteiger partial charge in [-0.05, 0) is 28.1 Å². The Morgan fingerprint density at radius 1 is 1.32 bits per heavy atom. The molecule has 0 aliphatic rings. The second-order valence-corrected chi connectivity index (χ2v) is 5.72. The molecule has 1 N–H and O–H groups in total. The van der Waals surface area contributed by atoms with Crippen LogP contribution in [0.15, 0.2) is 27.2 Å². The first-order valence-electron chi connectivity index (χ1n) is 5.41. The highest BCUT2D eigenvalue weighted by molar-refractivity contribution is 9.10. The van der Waals surface area contributed by atoms with Gasteiger partial charge in [-0.15, -0.1) is 0 Å². The number of aliphatic hydroxyl groups excluding tert-OH is 1. The molecule has 0 bridgehead atoms. The van der Waals surface area contributed by atoms with Gasteiger partial charge in [-0.1, -0.05) is 34.8 Å². The van der Waals surface area contributed by atoms with E-state index in [4.69, 9.17) is 49.4 Å². The molecular formula is C12H12BrCl3O3. The predicted octanol–water partition coefficient (Wildman–Crippen LogP) is 4.56. The standard InChI is InChI=1S/C12H12BrCl3O3/c13-9-6-8(18-5-2-11(15)16)7-10(14)12(9)19-4-1-3-17/h2,6-7,17H,1,3-5H2. The van der Waals surface area contributed by atoms with Crippen LogP contribution < -0.4 is 9.47 Å². The monoisotopic (exact) mass is 388 g/mol. The SMILES string of the molecule is OCCCOc1c(Cl)cc(OCC=C(Cl)Cl)cc1Br. The summed E-state index contributed by atoms with van der Waals surface area (Å²) >= 11 is 20.4. The number of halogens is 4. The van der Waals surface area contributed by atoms with Crippen molar-refractivity contribution < 1.29 is 14.6 Å². The summed E-state index contributed by atoms with van der Waals surface area (Å²) in [6.45, 7) is 0.706.